The van der Waals surface area contributed by atoms with E-state index in [4.69, 9.17) is 22.1 Å². The summed E-state index contributed by atoms with van der Waals surface area (Å²) in [5.74, 6) is 0.0368. The molecule has 4 amide bonds. The molecule has 1 aliphatic heterocycles. The molecule has 1 aromatic rings. The van der Waals surface area contributed by atoms with E-state index in [1.54, 1.807) is 39.0 Å². The number of urea groups is 1. The molecule has 3 N–H and O–H groups in total. The van der Waals surface area contributed by atoms with Crippen LogP contribution in [0.4, 0.5) is 9.59 Å². The van der Waals surface area contributed by atoms with Gasteiger partial charge in [0.2, 0.25) is 5.91 Å². The van der Waals surface area contributed by atoms with Crippen LogP contribution in [0.5, 0.6) is 0 Å². The summed E-state index contributed by atoms with van der Waals surface area (Å²) in [6.07, 6.45) is 7.24. The van der Waals surface area contributed by atoms with Crippen molar-refractivity contribution in [3.8, 4) is 0 Å². The van der Waals surface area contributed by atoms with E-state index >= 15 is 0 Å². The minimum absolute atomic E-state index is 0.0291. The highest BCUT2D eigenvalue weighted by molar-refractivity contribution is 6.30. The van der Waals surface area contributed by atoms with E-state index in [-0.39, 0.29) is 37.7 Å². The Morgan fingerprint density at radius 1 is 1.11 bits per heavy atom. The summed E-state index contributed by atoms with van der Waals surface area (Å²) in [5, 5.41) is 3.23. The van der Waals surface area contributed by atoms with Crippen LogP contribution in [0.1, 0.15) is 83.8 Å². The van der Waals surface area contributed by atoms with Gasteiger partial charge in [-0.25, -0.2) is 9.59 Å². The van der Waals surface area contributed by atoms with Gasteiger partial charge < -0.3 is 20.7 Å². The molecule has 9 heteroatoms. The first kappa shape index (κ1) is 28.3. The maximum absolute atomic E-state index is 13.9. The van der Waals surface area contributed by atoms with Crippen molar-refractivity contribution in [2.75, 3.05) is 6.54 Å². The third-order valence-corrected chi connectivity index (χ3v) is 7.39. The average molecular weight is 521 g/mol. The topological polar surface area (TPSA) is 105 Å². The van der Waals surface area contributed by atoms with E-state index in [0.29, 0.717) is 16.5 Å². The number of carbonyl (C=O) groups is 3. The Labute approximate surface area is 219 Å². The number of amides is 4. The van der Waals surface area contributed by atoms with Crippen LogP contribution in [0, 0.1) is 5.92 Å². The van der Waals surface area contributed by atoms with E-state index in [0.717, 1.165) is 31.2 Å². The largest absolute Gasteiger partial charge is 0.444 e. The van der Waals surface area contributed by atoms with Crippen LogP contribution in [-0.4, -0.2) is 52.1 Å². The lowest BCUT2D eigenvalue weighted by atomic mass is 9.83. The van der Waals surface area contributed by atoms with E-state index < -0.39 is 17.6 Å². The molecule has 0 radical (unpaired) electrons. The molecule has 1 heterocycles. The molecule has 1 aromatic carbocycles. The fourth-order valence-electron chi connectivity index (χ4n) is 5.41. The minimum Gasteiger partial charge on any atom is -0.444 e. The molecule has 3 rings (SSSR count). The van der Waals surface area contributed by atoms with E-state index in [1.165, 1.54) is 24.2 Å². The first-order valence-corrected chi connectivity index (χ1v) is 13.4. The van der Waals surface area contributed by atoms with Crippen LogP contribution in [0.2, 0.25) is 5.02 Å². The molecular weight excluding hydrogens is 480 g/mol. The fraction of sp³-hybridized carbons (Fsp3) is 0.667. The van der Waals surface area contributed by atoms with Gasteiger partial charge in [0, 0.05) is 23.7 Å². The number of nitrogens with two attached hydrogens (primary N) is 1. The van der Waals surface area contributed by atoms with E-state index in [1.807, 2.05) is 4.90 Å². The molecular formula is C27H41ClN4O4. The third-order valence-electron chi connectivity index (χ3n) is 7.15. The summed E-state index contributed by atoms with van der Waals surface area (Å²) >= 11 is 6.28. The van der Waals surface area contributed by atoms with E-state index in [2.05, 4.69) is 12.2 Å². The molecule has 36 heavy (non-hydrogen) atoms. The van der Waals surface area contributed by atoms with Crippen molar-refractivity contribution >= 4 is 29.6 Å². The van der Waals surface area contributed by atoms with Crippen molar-refractivity contribution in [2.24, 2.45) is 11.7 Å². The maximum atomic E-state index is 13.9. The van der Waals surface area contributed by atoms with Gasteiger partial charge in [0.05, 0.1) is 13.1 Å². The minimum atomic E-state index is -0.620. The van der Waals surface area contributed by atoms with Gasteiger partial charge in [-0.1, -0.05) is 36.9 Å². The van der Waals surface area contributed by atoms with Crippen molar-refractivity contribution in [3.63, 3.8) is 0 Å². The number of imide groups is 1. The van der Waals surface area contributed by atoms with Crippen molar-refractivity contribution in [1.82, 2.24) is 15.1 Å². The summed E-state index contributed by atoms with van der Waals surface area (Å²) < 4.78 is 5.33. The highest BCUT2D eigenvalue weighted by atomic mass is 35.5. The van der Waals surface area contributed by atoms with Gasteiger partial charge in [0.15, 0.2) is 0 Å². The standard InChI is InChI=1S/C27H41ClN4O4/c1-18-10-13-23(19-8-6-5-7-9-19)32(18)26(35)31(24(33)15-29)17-21-14-22(28)12-11-20(21)16-30-25(34)36-27(2,3)4/h11-12,14,18-19,23H,5-10,13,15-17,29H2,1-4H3,(H,30,34)/t18-,23?/m1/s1. The summed E-state index contributed by atoms with van der Waals surface area (Å²) in [6, 6.07) is 5.14. The average Bonchev–Trinajstić information content (AvgIpc) is 3.21. The number of rotatable bonds is 6. The van der Waals surface area contributed by atoms with Crippen LogP contribution in [-0.2, 0) is 22.6 Å². The van der Waals surface area contributed by atoms with Gasteiger partial charge in [-0.3, -0.25) is 9.69 Å². The molecule has 2 fully saturated rings. The number of halogens is 1. The van der Waals surface area contributed by atoms with Gasteiger partial charge in [-0.2, -0.15) is 0 Å². The highest BCUT2D eigenvalue weighted by Gasteiger charge is 2.42. The van der Waals surface area contributed by atoms with Crippen molar-refractivity contribution in [1.29, 1.82) is 0 Å². The number of likely N-dealkylation sites (tertiary alicyclic amines) is 1. The number of ether oxygens (including phenoxy) is 1. The smallest absolute Gasteiger partial charge is 0.407 e. The lowest BCUT2D eigenvalue weighted by Gasteiger charge is -2.38. The summed E-state index contributed by atoms with van der Waals surface area (Å²) in [4.78, 5) is 42.2. The molecule has 2 aliphatic rings. The SMILES string of the molecule is C[C@@H]1CCC(C2CCCCC2)N1C(=O)N(Cc1cc(Cl)ccc1CNC(=O)OC(C)(C)C)C(=O)CN. The summed E-state index contributed by atoms with van der Waals surface area (Å²) in [7, 11) is 0. The predicted molar refractivity (Wildman–Crippen MR) is 140 cm³/mol. The molecule has 2 atom stereocenters. The molecule has 0 spiro atoms. The number of alkyl carbamates (subject to hydrolysis) is 1. The van der Waals surface area contributed by atoms with Gasteiger partial charge in [0.25, 0.3) is 0 Å². The Morgan fingerprint density at radius 2 is 1.81 bits per heavy atom. The molecule has 0 aromatic heterocycles. The number of hydrogen-bond donors (Lipinski definition) is 2. The second kappa shape index (κ2) is 12.3. The predicted octanol–water partition coefficient (Wildman–Crippen LogP) is 5.21. The van der Waals surface area contributed by atoms with Crippen LogP contribution < -0.4 is 11.1 Å². The lowest BCUT2D eigenvalue weighted by molar-refractivity contribution is -0.128. The van der Waals surface area contributed by atoms with Gasteiger partial charge >= 0.3 is 12.1 Å². The zero-order chi connectivity index (χ0) is 26.5. The quantitative estimate of drug-likeness (QED) is 0.536. The molecule has 1 saturated heterocycles. The molecule has 1 saturated carbocycles. The molecule has 1 unspecified atom stereocenters. The summed E-state index contributed by atoms with van der Waals surface area (Å²) in [5.41, 5.74) is 6.54. The maximum Gasteiger partial charge on any atom is 0.407 e. The zero-order valence-corrected chi connectivity index (χ0v) is 22.8. The molecule has 200 valence electrons. The monoisotopic (exact) mass is 520 g/mol. The molecule has 1 aliphatic carbocycles. The second-order valence-corrected chi connectivity index (χ2v) is 11.5. The molecule has 0 bridgehead atoms. The Balaban J connectivity index is 1.81. The summed E-state index contributed by atoms with van der Waals surface area (Å²) in [6.45, 7) is 7.37. The Bertz CT molecular complexity index is 942. The normalized spacial score (nSPS) is 20.8. The Hall–Kier alpha value is -2.32. The zero-order valence-electron chi connectivity index (χ0n) is 22.0. The highest BCUT2D eigenvalue weighted by Crippen LogP contribution is 2.37. The Kier molecular flexibility index (Phi) is 9.64. The fourth-order valence-corrected chi connectivity index (χ4v) is 5.60. The second-order valence-electron chi connectivity index (χ2n) is 11.0. The number of benzene rings is 1. The van der Waals surface area contributed by atoms with Crippen LogP contribution >= 0.6 is 11.6 Å². The van der Waals surface area contributed by atoms with Crippen LogP contribution in [0.3, 0.4) is 0 Å². The lowest BCUT2D eigenvalue weighted by Crippen LogP contribution is -2.53. The Morgan fingerprint density at radius 3 is 2.44 bits per heavy atom. The first-order valence-electron chi connectivity index (χ1n) is 13.1. The molecule has 8 nitrogen and oxygen atoms in total. The van der Waals surface area contributed by atoms with Crippen molar-refractivity contribution in [3.05, 3.63) is 34.3 Å². The van der Waals surface area contributed by atoms with Gasteiger partial charge in [0.1, 0.15) is 5.60 Å². The number of hydrogen-bond acceptors (Lipinski definition) is 5. The van der Waals surface area contributed by atoms with E-state index in [9.17, 15) is 14.4 Å². The number of nitrogens with zero attached hydrogens (tertiary/aromatic N) is 2. The van der Waals surface area contributed by atoms with Crippen molar-refractivity contribution < 1.29 is 19.1 Å². The van der Waals surface area contributed by atoms with Crippen LogP contribution in [0.15, 0.2) is 18.2 Å². The number of nitrogens with one attached hydrogen (secondary N) is 1. The van der Waals surface area contributed by atoms with Crippen molar-refractivity contribution in [2.45, 2.75) is 103 Å². The third kappa shape index (κ3) is 7.35. The van der Waals surface area contributed by atoms with Gasteiger partial charge in [-0.15, -0.1) is 0 Å². The first-order chi connectivity index (χ1) is 17.0. The van der Waals surface area contributed by atoms with Crippen LogP contribution in [0.25, 0.3) is 0 Å². The van der Waals surface area contributed by atoms with Gasteiger partial charge in [-0.05, 0) is 82.6 Å². The number of carbonyl (C=O) groups excluding carboxylic acids is 3.